The molecule has 0 aromatic heterocycles. The van der Waals surface area contributed by atoms with Crippen molar-refractivity contribution in [2.75, 3.05) is 5.73 Å². The first-order valence-electron chi connectivity index (χ1n) is 7.15. The van der Waals surface area contributed by atoms with Crippen molar-refractivity contribution in [2.45, 2.75) is 6.61 Å². The fourth-order valence-corrected chi connectivity index (χ4v) is 2.33. The molecule has 0 bridgehead atoms. The summed E-state index contributed by atoms with van der Waals surface area (Å²) in [7, 11) is 0. The molecular weight excluding hydrogens is 296 g/mol. The molecule has 23 heavy (non-hydrogen) atoms. The lowest BCUT2D eigenvalue weighted by Crippen LogP contribution is -1.96. The van der Waals surface area contributed by atoms with Crippen molar-refractivity contribution >= 4 is 5.69 Å². The zero-order valence-electron chi connectivity index (χ0n) is 12.3. The molecule has 3 aromatic carbocycles. The molecule has 2 N–H and O–H groups in total. The van der Waals surface area contributed by atoms with Gasteiger partial charge >= 0.3 is 0 Å². The van der Waals surface area contributed by atoms with E-state index in [0.717, 1.165) is 17.7 Å². The number of nitrogens with two attached hydrogens (primary N) is 1. The Bertz CT molecular complexity index is 778. The second-order valence-electron chi connectivity index (χ2n) is 5.16. The molecular formula is C19H15F2NO. The van der Waals surface area contributed by atoms with E-state index in [-0.39, 0.29) is 11.3 Å². The summed E-state index contributed by atoms with van der Waals surface area (Å²) in [4.78, 5) is 0. The number of hydrogen-bond donors (Lipinski definition) is 1. The summed E-state index contributed by atoms with van der Waals surface area (Å²) in [6.07, 6.45) is 0. The van der Waals surface area contributed by atoms with Crippen LogP contribution >= 0.6 is 0 Å². The van der Waals surface area contributed by atoms with Crippen LogP contribution in [0.2, 0.25) is 0 Å². The van der Waals surface area contributed by atoms with E-state index in [1.54, 1.807) is 24.3 Å². The van der Waals surface area contributed by atoms with Gasteiger partial charge in [-0.3, -0.25) is 0 Å². The number of anilines is 1. The summed E-state index contributed by atoms with van der Waals surface area (Å²) in [5, 5.41) is 0. The van der Waals surface area contributed by atoms with Gasteiger partial charge in [0.25, 0.3) is 0 Å². The van der Waals surface area contributed by atoms with Crippen molar-refractivity contribution < 1.29 is 13.5 Å². The maximum atomic E-state index is 13.9. The van der Waals surface area contributed by atoms with Crippen molar-refractivity contribution in [1.82, 2.24) is 0 Å². The molecule has 2 nitrogen and oxygen atoms in total. The van der Waals surface area contributed by atoms with E-state index in [0.29, 0.717) is 17.9 Å². The molecule has 0 aliphatic heterocycles. The van der Waals surface area contributed by atoms with Gasteiger partial charge in [0, 0.05) is 5.69 Å². The zero-order chi connectivity index (χ0) is 16.2. The third-order valence-electron chi connectivity index (χ3n) is 3.46. The highest BCUT2D eigenvalue weighted by Crippen LogP contribution is 2.29. The first kappa shape index (κ1) is 15.0. The molecule has 0 amide bonds. The number of halogens is 2. The molecule has 0 aliphatic rings. The first-order valence-corrected chi connectivity index (χ1v) is 7.15. The summed E-state index contributed by atoms with van der Waals surface area (Å²) in [6.45, 7) is 0.435. The van der Waals surface area contributed by atoms with Gasteiger partial charge in [0.2, 0.25) is 0 Å². The topological polar surface area (TPSA) is 35.2 Å². The number of benzene rings is 3. The molecule has 3 aromatic rings. The Morgan fingerprint density at radius 1 is 0.826 bits per heavy atom. The fourth-order valence-electron chi connectivity index (χ4n) is 2.33. The second kappa shape index (κ2) is 6.48. The highest BCUT2D eigenvalue weighted by atomic mass is 19.1. The Labute approximate surface area is 133 Å². The molecule has 0 saturated carbocycles. The average molecular weight is 311 g/mol. The van der Waals surface area contributed by atoms with E-state index in [2.05, 4.69) is 0 Å². The van der Waals surface area contributed by atoms with Crippen molar-refractivity contribution in [2.24, 2.45) is 0 Å². The molecule has 0 radical (unpaired) electrons. The van der Waals surface area contributed by atoms with Gasteiger partial charge in [-0.25, -0.2) is 8.78 Å². The molecule has 0 unspecified atom stereocenters. The Kier molecular flexibility index (Phi) is 4.24. The van der Waals surface area contributed by atoms with Crippen LogP contribution in [-0.2, 0) is 6.61 Å². The minimum absolute atomic E-state index is 0.0616. The van der Waals surface area contributed by atoms with Crippen LogP contribution < -0.4 is 10.5 Å². The van der Waals surface area contributed by atoms with Gasteiger partial charge < -0.3 is 10.5 Å². The van der Waals surface area contributed by atoms with Crippen LogP contribution in [0.3, 0.4) is 0 Å². The van der Waals surface area contributed by atoms with E-state index in [9.17, 15) is 8.78 Å². The third kappa shape index (κ3) is 3.48. The number of rotatable bonds is 4. The quantitative estimate of drug-likeness (QED) is 0.703. The Hall–Kier alpha value is -2.88. The van der Waals surface area contributed by atoms with Crippen molar-refractivity contribution in [1.29, 1.82) is 0 Å². The van der Waals surface area contributed by atoms with E-state index in [1.807, 2.05) is 30.3 Å². The van der Waals surface area contributed by atoms with Gasteiger partial charge in [0.15, 0.2) is 0 Å². The zero-order valence-corrected chi connectivity index (χ0v) is 12.3. The lowest BCUT2D eigenvalue weighted by atomic mass is 10.0. The third-order valence-corrected chi connectivity index (χ3v) is 3.46. The van der Waals surface area contributed by atoms with Crippen LogP contribution in [0.5, 0.6) is 5.75 Å². The molecule has 0 atom stereocenters. The second-order valence-corrected chi connectivity index (χ2v) is 5.16. The van der Waals surface area contributed by atoms with E-state index in [4.69, 9.17) is 10.5 Å². The van der Waals surface area contributed by atoms with Gasteiger partial charge in [0.1, 0.15) is 24.0 Å². The molecule has 0 fully saturated rings. The smallest absolute Gasteiger partial charge is 0.136 e. The Morgan fingerprint density at radius 3 is 2.04 bits per heavy atom. The van der Waals surface area contributed by atoms with Crippen LogP contribution in [0, 0.1) is 11.6 Å². The van der Waals surface area contributed by atoms with Gasteiger partial charge in [-0.15, -0.1) is 0 Å². The largest absolute Gasteiger partial charge is 0.489 e. The van der Waals surface area contributed by atoms with Crippen LogP contribution in [0.25, 0.3) is 11.1 Å². The van der Waals surface area contributed by atoms with Crippen LogP contribution in [0.15, 0.2) is 66.7 Å². The highest BCUT2D eigenvalue weighted by molar-refractivity contribution is 5.67. The van der Waals surface area contributed by atoms with Gasteiger partial charge in [-0.05, 0) is 35.4 Å². The minimum Gasteiger partial charge on any atom is -0.489 e. The molecule has 4 heteroatoms. The van der Waals surface area contributed by atoms with Crippen molar-refractivity contribution in [3.05, 3.63) is 83.9 Å². The summed E-state index contributed by atoms with van der Waals surface area (Å²) < 4.78 is 33.5. The Morgan fingerprint density at radius 2 is 1.43 bits per heavy atom. The van der Waals surface area contributed by atoms with Crippen LogP contribution in [-0.4, -0.2) is 0 Å². The summed E-state index contributed by atoms with van der Waals surface area (Å²) in [5.74, 6) is -0.727. The van der Waals surface area contributed by atoms with Gasteiger partial charge in [-0.2, -0.15) is 0 Å². The van der Waals surface area contributed by atoms with E-state index < -0.39 is 11.6 Å². The predicted octanol–water partition coefficient (Wildman–Crippen LogP) is 4.79. The summed E-state index contributed by atoms with van der Waals surface area (Å²) in [5.41, 5.74) is 6.88. The summed E-state index contributed by atoms with van der Waals surface area (Å²) in [6, 6.07) is 18.6. The standard InChI is InChI=1S/C19H15F2NO/c20-17-10-15(22)11-18(21)19(17)14-6-8-16(9-7-14)23-12-13-4-2-1-3-5-13/h1-11H,12,22H2. The number of hydrogen-bond acceptors (Lipinski definition) is 2. The fraction of sp³-hybridized carbons (Fsp3) is 0.0526. The maximum Gasteiger partial charge on any atom is 0.136 e. The van der Waals surface area contributed by atoms with Crippen molar-refractivity contribution in [3.8, 4) is 16.9 Å². The molecule has 0 spiro atoms. The Balaban J connectivity index is 1.77. The summed E-state index contributed by atoms with van der Waals surface area (Å²) >= 11 is 0. The predicted molar refractivity (Wildman–Crippen MR) is 87.0 cm³/mol. The molecule has 3 rings (SSSR count). The SMILES string of the molecule is Nc1cc(F)c(-c2ccc(OCc3ccccc3)cc2)c(F)c1. The van der Waals surface area contributed by atoms with Crippen LogP contribution in [0.4, 0.5) is 14.5 Å². The molecule has 0 saturated heterocycles. The maximum absolute atomic E-state index is 13.9. The average Bonchev–Trinajstić information content (AvgIpc) is 2.54. The molecule has 0 aliphatic carbocycles. The lowest BCUT2D eigenvalue weighted by Gasteiger charge is -2.09. The highest BCUT2D eigenvalue weighted by Gasteiger charge is 2.12. The first-order chi connectivity index (χ1) is 11.1. The van der Waals surface area contributed by atoms with Gasteiger partial charge in [0.05, 0.1) is 5.56 Å². The van der Waals surface area contributed by atoms with E-state index in [1.165, 1.54) is 0 Å². The number of nitrogen functional groups attached to an aromatic ring is 1. The number of ether oxygens (including phenoxy) is 1. The minimum atomic E-state index is -0.680. The van der Waals surface area contributed by atoms with E-state index >= 15 is 0 Å². The molecule has 0 heterocycles. The van der Waals surface area contributed by atoms with Gasteiger partial charge in [-0.1, -0.05) is 42.5 Å². The monoisotopic (exact) mass is 311 g/mol. The van der Waals surface area contributed by atoms with Crippen LogP contribution in [0.1, 0.15) is 5.56 Å². The molecule has 116 valence electrons. The normalized spacial score (nSPS) is 10.5. The lowest BCUT2D eigenvalue weighted by molar-refractivity contribution is 0.306. The van der Waals surface area contributed by atoms with Crippen molar-refractivity contribution in [3.63, 3.8) is 0 Å².